The Kier molecular flexibility index (Phi) is 9.12. The van der Waals surface area contributed by atoms with Crippen LogP contribution in [-0.4, -0.2) is 22.2 Å². The van der Waals surface area contributed by atoms with Crippen molar-refractivity contribution in [2.45, 2.75) is 105 Å². The normalized spacial score (nSPS) is 31.7. The fraction of sp³-hybridized carbons (Fsp3) is 0.909. The molecule has 0 aromatic carbocycles. The minimum atomic E-state index is -1.14. The summed E-state index contributed by atoms with van der Waals surface area (Å²) in [6.07, 6.45) is 10.5. The average molecular weight is 369 g/mol. The first kappa shape index (κ1) is 23.0. The van der Waals surface area contributed by atoms with E-state index in [1.807, 2.05) is 13.8 Å². The molecule has 1 aliphatic carbocycles. The predicted molar refractivity (Wildman–Crippen MR) is 105 cm³/mol. The van der Waals surface area contributed by atoms with Crippen molar-refractivity contribution in [1.29, 1.82) is 0 Å². The first-order valence-corrected chi connectivity index (χ1v) is 10.8. The maximum Gasteiger partial charge on any atom is 0.311 e. The topological polar surface area (TPSA) is 74.6 Å². The van der Waals surface area contributed by atoms with E-state index in [1.54, 1.807) is 0 Å². The smallest absolute Gasteiger partial charge is 0.311 e. The molecule has 0 radical (unpaired) electrons. The second kappa shape index (κ2) is 10.3. The van der Waals surface area contributed by atoms with Gasteiger partial charge in [0.25, 0.3) is 0 Å². The number of carboxylic acids is 2. The summed E-state index contributed by atoms with van der Waals surface area (Å²) in [4.78, 5) is 25.3. The number of unbranched alkanes of at least 4 members (excludes halogenated alkanes) is 6. The molecule has 2 N–H and O–H groups in total. The Morgan fingerprint density at radius 2 is 1.08 bits per heavy atom. The zero-order valence-electron chi connectivity index (χ0n) is 17.4. The number of hydrogen-bond acceptors (Lipinski definition) is 2. The largest absolute Gasteiger partial charge is 0.481 e. The fourth-order valence-corrected chi connectivity index (χ4v) is 5.49. The standard InChI is InChI=1S/C22H40O4/c1-5-7-9-11-15-21(19(23)24)17(3)13-14-18(4)22(21,20(25)26)16-12-10-8-6-2/h17-18H,5-16H2,1-4H3,(H,23,24)(H,25,26). The summed E-state index contributed by atoms with van der Waals surface area (Å²) in [5.74, 6) is -1.96. The van der Waals surface area contributed by atoms with Gasteiger partial charge in [0.1, 0.15) is 0 Å². The summed E-state index contributed by atoms with van der Waals surface area (Å²) in [6, 6.07) is 0. The van der Waals surface area contributed by atoms with Crippen LogP contribution in [0.15, 0.2) is 0 Å². The van der Waals surface area contributed by atoms with Gasteiger partial charge < -0.3 is 10.2 Å². The van der Waals surface area contributed by atoms with E-state index in [-0.39, 0.29) is 11.8 Å². The van der Waals surface area contributed by atoms with Crippen LogP contribution in [0.1, 0.15) is 105 Å². The molecule has 0 spiro atoms. The number of carbonyl (C=O) groups is 2. The molecule has 4 nitrogen and oxygen atoms in total. The van der Waals surface area contributed by atoms with E-state index in [1.165, 1.54) is 0 Å². The molecule has 4 heteroatoms. The van der Waals surface area contributed by atoms with Gasteiger partial charge in [-0.15, -0.1) is 0 Å². The molecule has 26 heavy (non-hydrogen) atoms. The third-order valence-corrected chi connectivity index (χ3v) is 7.12. The maximum absolute atomic E-state index is 12.6. The van der Waals surface area contributed by atoms with Gasteiger partial charge in [-0.1, -0.05) is 79.1 Å². The van der Waals surface area contributed by atoms with E-state index in [4.69, 9.17) is 0 Å². The summed E-state index contributed by atoms with van der Waals surface area (Å²) >= 11 is 0. The molecule has 0 amide bonds. The van der Waals surface area contributed by atoms with Crippen molar-refractivity contribution >= 4 is 11.9 Å². The molecule has 0 saturated heterocycles. The van der Waals surface area contributed by atoms with E-state index in [0.29, 0.717) is 12.8 Å². The van der Waals surface area contributed by atoms with Crippen LogP contribution >= 0.6 is 0 Å². The van der Waals surface area contributed by atoms with Gasteiger partial charge in [-0.25, -0.2) is 0 Å². The molecule has 0 aromatic rings. The van der Waals surface area contributed by atoms with E-state index in [2.05, 4.69) is 13.8 Å². The summed E-state index contributed by atoms with van der Waals surface area (Å²) in [5, 5.41) is 20.7. The van der Waals surface area contributed by atoms with Crippen LogP contribution in [0.2, 0.25) is 0 Å². The lowest BCUT2D eigenvalue weighted by molar-refractivity contribution is -0.197. The van der Waals surface area contributed by atoms with E-state index in [9.17, 15) is 19.8 Å². The molecule has 1 fully saturated rings. The molecular weight excluding hydrogens is 328 g/mol. The van der Waals surface area contributed by atoms with Gasteiger partial charge in [-0.05, 0) is 37.5 Å². The fourth-order valence-electron chi connectivity index (χ4n) is 5.49. The number of hydrogen-bond donors (Lipinski definition) is 2. The Balaban J connectivity index is 3.28. The maximum atomic E-state index is 12.6. The van der Waals surface area contributed by atoms with Crippen LogP contribution in [0.5, 0.6) is 0 Å². The summed E-state index contributed by atoms with van der Waals surface area (Å²) in [5.41, 5.74) is -2.28. The molecule has 0 heterocycles. The average Bonchev–Trinajstić information content (AvgIpc) is 2.59. The molecular formula is C22H40O4. The first-order chi connectivity index (χ1) is 12.3. The van der Waals surface area contributed by atoms with Crippen LogP contribution in [0.3, 0.4) is 0 Å². The SMILES string of the molecule is CCCCCCC1(C(=O)O)C(C)CCC(C)C1(CCCCCC)C(=O)O. The van der Waals surface area contributed by atoms with Crippen molar-refractivity contribution in [2.75, 3.05) is 0 Å². The zero-order valence-corrected chi connectivity index (χ0v) is 17.4. The van der Waals surface area contributed by atoms with Crippen LogP contribution in [-0.2, 0) is 9.59 Å². The van der Waals surface area contributed by atoms with Gasteiger partial charge >= 0.3 is 11.9 Å². The molecule has 1 aliphatic rings. The van der Waals surface area contributed by atoms with Crippen molar-refractivity contribution in [3.05, 3.63) is 0 Å². The molecule has 0 aliphatic heterocycles. The quantitative estimate of drug-likeness (QED) is 0.406. The van der Waals surface area contributed by atoms with E-state index >= 15 is 0 Å². The predicted octanol–water partition coefficient (Wildman–Crippen LogP) is 6.14. The zero-order chi connectivity index (χ0) is 19.8. The Labute approximate surface area is 159 Å². The van der Waals surface area contributed by atoms with Crippen molar-refractivity contribution in [3.8, 4) is 0 Å². The van der Waals surface area contributed by atoms with Crippen LogP contribution in [0, 0.1) is 22.7 Å². The van der Waals surface area contributed by atoms with Crippen molar-refractivity contribution in [1.82, 2.24) is 0 Å². The number of carboxylic acid groups (broad SMARTS) is 2. The van der Waals surface area contributed by atoms with Crippen LogP contribution < -0.4 is 0 Å². The monoisotopic (exact) mass is 368 g/mol. The van der Waals surface area contributed by atoms with Crippen LogP contribution in [0.4, 0.5) is 0 Å². The highest BCUT2D eigenvalue weighted by atomic mass is 16.4. The van der Waals surface area contributed by atoms with Gasteiger partial charge in [-0.3, -0.25) is 9.59 Å². The Bertz CT molecular complexity index is 419. The Hall–Kier alpha value is -1.06. The van der Waals surface area contributed by atoms with Crippen LogP contribution in [0.25, 0.3) is 0 Å². The Morgan fingerprint density at radius 3 is 1.35 bits per heavy atom. The van der Waals surface area contributed by atoms with E-state index < -0.39 is 22.8 Å². The van der Waals surface area contributed by atoms with Gasteiger partial charge in [0, 0.05) is 0 Å². The van der Waals surface area contributed by atoms with Gasteiger partial charge in [-0.2, -0.15) is 0 Å². The van der Waals surface area contributed by atoms with Crippen molar-refractivity contribution in [3.63, 3.8) is 0 Å². The highest BCUT2D eigenvalue weighted by Crippen LogP contribution is 2.61. The second-order valence-corrected chi connectivity index (χ2v) is 8.55. The lowest BCUT2D eigenvalue weighted by Gasteiger charge is -2.55. The number of aliphatic carboxylic acids is 2. The molecule has 1 saturated carbocycles. The lowest BCUT2D eigenvalue weighted by Crippen LogP contribution is -2.61. The first-order valence-electron chi connectivity index (χ1n) is 10.8. The third kappa shape index (κ3) is 4.26. The number of rotatable bonds is 12. The van der Waals surface area contributed by atoms with Gasteiger partial charge in [0.15, 0.2) is 0 Å². The van der Waals surface area contributed by atoms with E-state index in [0.717, 1.165) is 64.2 Å². The molecule has 4 atom stereocenters. The molecule has 0 aromatic heterocycles. The van der Waals surface area contributed by atoms with Gasteiger partial charge in [0.05, 0.1) is 10.8 Å². The summed E-state index contributed by atoms with van der Waals surface area (Å²) < 4.78 is 0. The summed E-state index contributed by atoms with van der Waals surface area (Å²) in [6.45, 7) is 8.22. The van der Waals surface area contributed by atoms with Crippen molar-refractivity contribution in [2.24, 2.45) is 22.7 Å². The highest BCUT2D eigenvalue weighted by molar-refractivity contribution is 5.87. The third-order valence-electron chi connectivity index (χ3n) is 7.12. The van der Waals surface area contributed by atoms with Gasteiger partial charge in [0.2, 0.25) is 0 Å². The minimum absolute atomic E-state index is 0.0971. The highest BCUT2D eigenvalue weighted by Gasteiger charge is 2.66. The molecule has 0 bridgehead atoms. The lowest BCUT2D eigenvalue weighted by atomic mass is 9.45. The summed E-state index contributed by atoms with van der Waals surface area (Å²) in [7, 11) is 0. The molecule has 4 unspecified atom stereocenters. The van der Waals surface area contributed by atoms with Crippen molar-refractivity contribution < 1.29 is 19.8 Å². The second-order valence-electron chi connectivity index (χ2n) is 8.55. The molecule has 152 valence electrons. The minimum Gasteiger partial charge on any atom is -0.481 e. The molecule has 1 rings (SSSR count). The Morgan fingerprint density at radius 1 is 0.731 bits per heavy atom.